The van der Waals surface area contributed by atoms with E-state index in [4.69, 9.17) is 14.2 Å². The van der Waals surface area contributed by atoms with E-state index < -0.39 is 17.9 Å². The number of rotatable bonds is 7. The Morgan fingerprint density at radius 3 is 2.55 bits per heavy atom. The normalized spacial score (nSPS) is 11.7. The zero-order valence-corrected chi connectivity index (χ0v) is 16.8. The number of methoxy groups -OCH3 is 3. The summed E-state index contributed by atoms with van der Waals surface area (Å²) in [5.74, 6) is 0.207. The summed E-state index contributed by atoms with van der Waals surface area (Å²) in [6.45, 7) is 1.96. The van der Waals surface area contributed by atoms with Crippen molar-refractivity contribution in [3.8, 4) is 11.5 Å². The van der Waals surface area contributed by atoms with Crippen LogP contribution < -0.4 is 14.8 Å². The number of hydrogen-bond acceptors (Lipinski definition) is 6. The molecule has 1 aromatic carbocycles. The summed E-state index contributed by atoms with van der Waals surface area (Å²) < 4.78 is 17.1. The van der Waals surface area contributed by atoms with Crippen LogP contribution in [-0.2, 0) is 9.53 Å². The van der Waals surface area contributed by atoms with Crippen LogP contribution in [0.5, 0.6) is 11.5 Å². The minimum Gasteiger partial charge on any atom is -0.493 e. The van der Waals surface area contributed by atoms with E-state index in [0.29, 0.717) is 22.7 Å². The second kappa shape index (κ2) is 8.64. The first kappa shape index (κ1) is 20.2. The van der Waals surface area contributed by atoms with E-state index in [0.717, 1.165) is 5.56 Å². The average molecular weight is 397 g/mol. The third kappa shape index (κ3) is 4.48. The molecule has 3 rings (SSSR count). The van der Waals surface area contributed by atoms with Crippen molar-refractivity contribution < 1.29 is 23.8 Å². The highest BCUT2D eigenvalue weighted by molar-refractivity contribution is 5.93. The van der Waals surface area contributed by atoms with Gasteiger partial charge in [-0.25, -0.2) is 4.98 Å². The number of aromatic nitrogens is 2. The number of nitrogens with one attached hydrogen (secondary N) is 1. The van der Waals surface area contributed by atoms with Crippen LogP contribution in [0.4, 0.5) is 0 Å². The van der Waals surface area contributed by atoms with Crippen molar-refractivity contribution in [3.63, 3.8) is 0 Å². The largest absolute Gasteiger partial charge is 0.493 e. The fraction of sp³-hybridized carbons (Fsp3) is 0.286. The molecule has 0 aliphatic heterocycles. The molecule has 0 aliphatic rings. The van der Waals surface area contributed by atoms with Gasteiger partial charge in [0, 0.05) is 12.4 Å². The lowest BCUT2D eigenvalue weighted by molar-refractivity contribution is -0.141. The highest BCUT2D eigenvalue weighted by Crippen LogP contribution is 2.31. The summed E-state index contributed by atoms with van der Waals surface area (Å²) in [5, 5.41) is 2.87. The molecule has 1 amide bonds. The number of amides is 1. The fourth-order valence-electron chi connectivity index (χ4n) is 3.00. The molecule has 2 aromatic heterocycles. The Bertz CT molecular complexity index is 1040. The predicted molar refractivity (Wildman–Crippen MR) is 106 cm³/mol. The molecule has 152 valence electrons. The fourth-order valence-corrected chi connectivity index (χ4v) is 3.00. The van der Waals surface area contributed by atoms with E-state index in [9.17, 15) is 9.59 Å². The van der Waals surface area contributed by atoms with Crippen LogP contribution in [-0.4, -0.2) is 42.6 Å². The molecular weight excluding hydrogens is 374 g/mol. The predicted octanol–water partition coefficient (Wildman–Crippen LogP) is 2.69. The number of carbonyl (C=O) groups excluding carboxylic acids is 2. The number of esters is 1. The molecule has 8 nitrogen and oxygen atoms in total. The zero-order chi connectivity index (χ0) is 21.0. The van der Waals surface area contributed by atoms with Crippen LogP contribution in [0.2, 0.25) is 0 Å². The van der Waals surface area contributed by atoms with Crippen molar-refractivity contribution in [1.82, 2.24) is 14.7 Å². The lowest BCUT2D eigenvalue weighted by Crippen LogP contribution is -2.30. The Morgan fingerprint density at radius 2 is 1.86 bits per heavy atom. The number of nitrogens with zero attached hydrogens (tertiary/aromatic N) is 2. The van der Waals surface area contributed by atoms with Crippen molar-refractivity contribution in [3.05, 3.63) is 59.5 Å². The quantitative estimate of drug-likeness (QED) is 0.617. The standard InChI is InChI=1S/C21H23N3O5/c1-13-7-8-24-12-16(22-19(24)9-13)21(26)23-15(11-20(25)29-4)14-5-6-17(27-2)18(10-14)28-3/h5-10,12,15H,11H2,1-4H3,(H,23,26)/t15-/m1/s1. The third-order valence-corrected chi connectivity index (χ3v) is 4.56. The van der Waals surface area contributed by atoms with Crippen LogP contribution in [0.1, 0.15) is 34.1 Å². The monoisotopic (exact) mass is 397 g/mol. The number of ether oxygens (including phenoxy) is 3. The number of imidazole rings is 1. The summed E-state index contributed by atoms with van der Waals surface area (Å²) in [6, 6.07) is 8.40. The van der Waals surface area contributed by atoms with Gasteiger partial charge in [-0.05, 0) is 42.3 Å². The molecule has 0 saturated carbocycles. The van der Waals surface area contributed by atoms with Gasteiger partial charge in [-0.15, -0.1) is 0 Å². The number of benzene rings is 1. The molecule has 1 atom stereocenters. The molecule has 0 radical (unpaired) electrons. The lowest BCUT2D eigenvalue weighted by Gasteiger charge is -2.19. The van der Waals surface area contributed by atoms with E-state index in [1.807, 2.05) is 25.3 Å². The van der Waals surface area contributed by atoms with Gasteiger partial charge in [-0.2, -0.15) is 0 Å². The van der Waals surface area contributed by atoms with Crippen LogP contribution in [0.3, 0.4) is 0 Å². The molecule has 3 aromatic rings. The molecule has 0 saturated heterocycles. The van der Waals surface area contributed by atoms with Gasteiger partial charge >= 0.3 is 5.97 Å². The second-order valence-corrected chi connectivity index (χ2v) is 6.52. The Kier molecular flexibility index (Phi) is 6.01. The topological polar surface area (TPSA) is 91.2 Å². The molecule has 0 aliphatic carbocycles. The molecule has 29 heavy (non-hydrogen) atoms. The van der Waals surface area contributed by atoms with Crippen molar-refractivity contribution in [2.24, 2.45) is 0 Å². The molecule has 0 unspecified atom stereocenters. The highest BCUT2D eigenvalue weighted by atomic mass is 16.5. The summed E-state index contributed by atoms with van der Waals surface area (Å²) in [7, 11) is 4.37. The van der Waals surface area contributed by atoms with Gasteiger partial charge in [-0.1, -0.05) is 6.07 Å². The smallest absolute Gasteiger partial charge is 0.307 e. The summed E-state index contributed by atoms with van der Waals surface area (Å²) in [4.78, 5) is 29.1. The van der Waals surface area contributed by atoms with Gasteiger partial charge < -0.3 is 23.9 Å². The minimum absolute atomic E-state index is 0.0375. The average Bonchev–Trinajstić information content (AvgIpc) is 3.15. The van der Waals surface area contributed by atoms with Crippen molar-refractivity contribution in [1.29, 1.82) is 0 Å². The molecule has 0 fully saturated rings. The van der Waals surface area contributed by atoms with Crippen LogP contribution in [0.25, 0.3) is 5.65 Å². The SMILES string of the molecule is COC(=O)C[C@@H](NC(=O)c1cn2ccc(C)cc2n1)c1ccc(OC)c(OC)c1. The molecule has 2 heterocycles. The maximum absolute atomic E-state index is 12.8. The van der Waals surface area contributed by atoms with E-state index in [1.165, 1.54) is 21.3 Å². The van der Waals surface area contributed by atoms with Crippen molar-refractivity contribution >= 4 is 17.5 Å². The van der Waals surface area contributed by atoms with E-state index >= 15 is 0 Å². The number of hydrogen-bond donors (Lipinski definition) is 1. The highest BCUT2D eigenvalue weighted by Gasteiger charge is 2.22. The number of carbonyl (C=O) groups is 2. The number of fused-ring (bicyclic) bond motifs is 1. The Morgan fingerprint density at radius 1 is 1.10 bits per heavy atom. The van der Waals surface area contributed by atoms with E-state index in [-0.39, 0.29) is 12.1 Å². The van der Waals surface area contributed by atoms with Gasteiger partial charge in [0.05, 0.1) is 33.8 Å². The number of pyridine rings is 1. The van der Waals surface area contributed by atoms with Crippen LogP contribution in [0.15, 0.2) is 42.7 Å². The van der Waals surface area contributed by atoms with Gasteiger partial charge in [0.25, 0.3) is 5.91 Å². The maximum Gasteiger partial charge on any atom is 0.307 e. The summed E-state index contributed by atoms with van der Waals surface area (Å²) in [5.41, 5.74) is 2.65. The summed E-state index contributed by atoms with van der Waals surface area (Å²) in [6.07, 6.45) is 3.45. The summed E-state index contributed by atoms with van der Waals surface area (Å²) >= 11 is 0. The van der Waals surface area contributed by atoms with Crippen molar-refractivity contribution in [2.45, 2.75) is 19.4 Å². The lowest BCUT2D eigenvalue weighted by atomic mass is 10.0. The Hall–Kier alpha value is -3.55. The molecule has 1 N–H and O–H groups in total. The van der Waals surface area contributed by atoms with Gasteiger partial charge in [0.1, 0.15) is 11.3 Å². The molecule has 0 bridgehead atoms. The Labute approximate surface area is 168 Å². The van der Waals surface area contributed by atoms with Crippen molar-refractivity contribution in [2.75, 3.05) is 21.3 Å². The van der Waals surface area contributed by atoms with E-state index in [2.05, 4.69) is 10.3 Å². The Balaban J connectivity index is 1.90. The zero-order valence-electron chi connectivity index (χ0n) is 16.8. The minimum atomic E-state index is -0.624. The maximum atomic E-state index is 12.8. The molecule has 8 heteroatoms. The van der Waals surface area contributed by atoms with E-state index in [1.54, 1.807) is 28.8 Å². The van der Waals surface area contributed by atoms with Gasteiger partial charge in [-0.3, -0.25) is 9.59 Å². The molecule has 0 spiro atoms. The van der Waals surface area contributed by atoms with Crippen LogP contribution in [0, 0.1) is 6.92 Å². The number of aryl methyl sites for hydroxylation is 1. The first-order chi connectivity index (χ1) is 13.9. The first-order valence-electron chi connectivity index (χ1n) is 9.00. The second-order valence-electron chi connectivity index (χ2n) is 6.52. The van der Waals surface area contributed by atoms with Crippen LogP contribution >= 0.6 is 0 Å². The first-order valence-corrected chi connectivity index (χ1v) is 9.00. The van der Waals surface area contributed by atoms with Gasteiger partial charge in [0.15, 0.2) is 11.5 Å². The van der Waals surface area contributed by atoms with Gasteiger partial charge in [0.2, 0.25) is 0 Å². The molecular formula is C21H23N3O5. The third-order valence-electron chi connectivity index (χ3n) is 4.56.